The van der Waals surface area contributed by atoms with Gasteiger partial charge in [0.1, 0.15) is 23.5 Å². The van der Waals surface area contributed by atoms with Crippen LogP contribution in [0.3, 0.4) is 0 Å². The fourth-order valence-corrected chi connectivity index (χ4v) is 2.92. The number of aryl methyl sites for hydroxylation is 1. The molecule has 1 unspecified atom stereocenters. The van der Waals surface area contributed by atoms with E-state index in [0.717, 1.165) is 22.6 Å². The number of halogens is 3. The van der Waals surface area contributed by atoms with Crippen molar-refractivity contribution >= 4 is 21.6 Å². The molecule has 0 fully saturated rings. The van der Waals surface area contributed by atoms with Crippen molar-refractivity contribution in [1.82, 2.24) is 0 Å². The molecule has 1 heterocycles. The second-order valence-electron chi connectivity index (χ2n) is 5.16. The molecule has 2 nitrogen and oxygen atoms in total. The summed E-state index contributed by atoms with van der Waals surface area (Å²) in [7, 11) is 0. The van der Waals surface area contributed by atoms with E-state index in [0.29, 0.717) is 17.4 Å². The number of hydrogen-bond acceptors (Lipinski definition) is 2. The van der Waals surface area contributed by atoms with E-state index in [4.69, 9.17) is 4.74 Å². The average molecular weight is 354 g/mol. The molecule has 1 aliphatic rings. The monoisotopic (exact) mass is 353 g/mol. The van der Waals surface area contributed by atoms with Gasteiger partial charge in [-0.15, -0.1) is 0 Å². The maximum atomic E-state index is 13.6. The molecular weight excluding hydrogens is 340 g/mol. The molecule has 0 spiro atoms. The first-order valence-corrected chi connectivity index (χ1v) is 7.47. The molecule has 21 heavy (non-hydrogen) atoms. The average Bonchev–Trinajstić information content (AvgIpc) is 2.83. The molecule has 2 aromatic rings. The lowest BCUT2D eigenvalue weighted by molar-refractivity contribution is 0.246. The molecule has 0 saturated carbocycles. The summed E-state index contributed by atoms with van der Waals surface area (Å²) in [5.74, 6) is 0.166. The van der Waals surface area contributed by atoms with Crippen LogP contribution < -0.4 is 10.1 Å². The molecule has 110 valence electrons. The van der Waals surface area contributed by atoms with Crippen LogP contribution in [-0.4, -0.2) is 12.6 Å². The van der Waals surface area contributed by atoms with Crippen LogP contribution in [0.1, 0.15) is 11.1 Å². The fraction of sp³-hybridized carbons (Fsp3) is 0.250. The molecular formula is C16H14BrF2NO. The Hall–Kier alpha value is -1.62. The van der Waals surface area contributed by atoms with Gasteiger partial charge in [-0.05, 0) is 58.7 Å². The Morgan fingerprint density at radius 2 is 2.10 bits per heavy atom. The minimum Gasteiger partial charge on any atom is -0.488 e. The largest absolute Gasteiger partial charge is 0.488 e. The van der Waals surface area contributed by atoms with Gasteiger partial charge in [0.2, 0.25) is 0 Å². The summed E-state index contributed by atoms with van der Waals surface area (Å²) in [5.41, 5.74) is 2.56. The van der Waals surface area contributed by atoms with Crippen LogP contribution in [0.5, 0.6) is 5.75 Å². The number of fused-ring (bicyclic) bond motifs is 1. The highest BCUT2D eigenvalue weighted by atomic mass is 79.9. The van der Waals surface area contributed by atoms with Crippen LogP contribution in [-0.2, 0) is 6.42 Å². The third-order valence-corrected chi connectivity index (χ3v) is 4.16. The van der Waals surface area contributed by atoms with Gasteiger partial charge in [0, 0.05) is 17.7 Å². The summed E-state index contributed by atoms with van der Waals surface area (Å²) in [4.78, 5) is 0. The zero-order valence-corrected chi connectivity index (χ0v) is 13.0. The third kappa shape index (κ3) is 3.02. The Labute approximate surface area is 130 Å². The SMILES string of the molecule is Cc1cc(Br)c(F)cc1NCC1Cc2cc(F)ccc2O1. The first-order chi connectivity index (χ1) is 10.0. The summed E-state index contributed by atoms with van der Waals surface area (Å²) in [6.45, 7) is 2.45. The first kappa shape index (κ1) is 14.3. The topological polar surface area (TPSA) is 21.3 Å². The van der Waals surface area contributed by atoms with Crippen LogP contribution in [0.25, 0.3) is 0 Å². The normalized spacial score (nSPS) is 16.5. The van der Waals surface area contributed by atoms with Gasteiger partial charge < -0.3 is 10.1 Å². The van der Waals surface area contributed by atoms with E-state index in [9.17, 15) is 8.78 Å². The van der Waals surface area contributed by atoms with Gasteiger partial charge in [-0.2, -0.15) is 0 Å². The molecule has 1 atom stereocenters. The standard InChI is InChI=1S/C16H14BrF2NO/c1-9-4-13(17)14(19)7-15(9)20-8-12-6-10-5-11(18)2-3-16(10)21-12/h2-5,7,12,20H,6,8H2,1H3. The van der Waals surface area contributed by atoms with Crippen molar-refractivity contribution in [3.05, 3.63) is 57.6 Å². The van der Waals surface area contributed by atoms with Crippen LogP contribution in [0.15, 0.2) is 34.8 Å². The highest BCUT2D eigenvalue weighted by Gasteiger charge is 2.23. The zero-order valence-electron chi connectivity index (χ0n) is 11.4. The Morgan fingerprint density at radius 3 is 2.90 bits per heavy atom. The van der Waals surface area contributed by atoms with E-state index in [-0.39, 0.29) is 17.7 Å². The molecule has 2 aromatic carbocycles. The number of benzene rings is 2. The van der Waals surface area contributed by atoms with Gasteiger partial charge in [0.25, 0.3) is 0 Å². The lowest BCUT2D eigenvalue weighted by Crippen LogP contribution is -2.24. The third-order valence-electron chi connectivity index (χ3n) is 3.55. The highest BCUT2D eigenvalue weighted by molar-refractivity contribution is 9.10. The molecule has 3 rings (SSSR count). The summed E-state index contributed by atoms with van der Waals surface area (Å²) in [5, 5.41) is 3.19. The lowest BCUT2D eigenvalue weighted by atomic mass is 10.1. The van der Waals surface area contributed by atoms with Crippen LogP contribution in [0, 0.1) is 18.6 Å². The molecule has 1 aliphatic heterocycles. The van der Waals surface area contributed by atoms with Gasteiger partial charge in [-0.3, -0.25) is 0 Å². The van der Waals surface area contributed by atoms with Gasteiger partial charge in [0.15, 0.2) is 0 Å². The fourth-order valence-electron chi connectivity index (χ4n) is 2.46. The van der Waals surface area contributed by atoms with Crippen molar-refractivity contribution in [2.75, 3.05) is 11.9 Å². The Bertz CT molecular complexity index is 690. The Morgan fingerprint density at radius 1 is 1.29 bits per heavy atom. The van der Waals surface area contributed by atoms with Crippen molar-refractivity contribution in [3.63, 3.8) is 0 Å². The number of rotatable bonds is 3. The predicted molar refractivity (Wildman–Crippen MR) is 81.8 cm³/mol. The van der Waals surface area contributed by atoms with Crippen LogP contribution >= 0.6 is 15.9 Å². The molecule has 5 heteroatoms. The highest BCUT2D eigenvalue weighted by Crippen LogP contribution is 2.30. The van der Waals surface area contributed by atoms with Crippen LogP contribution in [0.4, 0.5) is 14.5 Å². The second kappa shape index (κ2) is 5.64. The maximum absolute atomic E-state index is 13.6. The van der Waals surface area contributed by atoms with E-state index in [1.807, 2.05) is 6.92 Å². The Balaban J connectivity index is 1.66. The van der Waals surface area contributed by atoms with Gasteiger partial charge in [-0.1, -0.05) is 0 Å². The number of ether oxygens (including phenoxy) is 1. The summed E-state index contributed by atoms with van der Waals surface area (Å²) >= 11 is 3.16. The zero-order chi connectivity index (χ0) is 15.0. The molecule has 0 saturated heterocycles. The summed E-state index contributed by atoms with van der Waals surface area (Å²) in [6.07, 6.45) is 0.575. The van der Waals surface area contributed by atoms with E-state index >= 15 is 0 Å². The van der Waals surface area contributed by atoms with E-state index in [2.05, 4.69) is 21.2 Å². The molecule has 0 aromatic heterocycles. The number of anilines is 1. The number of nitrogens with one attached hydrogen (secondary N) is 1. The first-order valence-electron chi connectivity index (χ1n) is 6.67. The van der Waals surface area contributed by atoms with Crippen molar-refractivity contribution in [2.45, 2.75) is 19.4 Å². The predicted octanol–water partition coefficient (Wildman–Crippen LogP) is 4.45. The minimum atomic E-state index is -0.305. The smallest absolute Gasteiger partial charge is 0.139 e. The molecule has 1 N–H and O–H groups in total. The van der Waals surface area contributed by atoms with Crippen molar-refractivity contribution in [2.24, 2.45) is 0 Å². The Kier molecular flexibility index (Phi) is 3.85. The van der Waals surface area contributed by atoms with Crippen molar-refractivity contribution < 1.29 is 13.5 Å². The van der Waals surface area contributed by atoms with Crippen LogP contribution in [0.2, 0.25) is 0 Å². The molecule has 0 bridgehead atoms. The quantitative estimate of drug-likeness (QED) is 0.879. The van der Waals surface area contributed by atoms with Crippen molar-refractivity contribution in [1.29, 1.82) is 0 Å². The minimum absolute atomic E-state index is 0.0760. The maximum Gasteiger partial charge on any atom is 0.139 e. The molecule has 0 radical (unpaired) electrons. The molecule has 0 aliphatic carbocycles. The van der Waals surface area contributed by atoms with E-state index < -0.39 is 0 Å². The van der Waals surface area contributed by atoms with E-state index in [1.54, 1.807) is 12.1 Å². The molecule has 0 amide bonds. The number of hydrogen-bond donors (Lipinski definition) is 1. The second-order valence-corrected chi connectivity index (χ2v) is 6.01. The summed E-state index contributed by atoms with van der Waals surface area (Å²) in [6, 6.07) is 7.73. The summed E-state index contributed by atoms with van der Waals surface area (Å²) < 4.78 is 32.9. The van der Waals surface area contributed by atoms with Gasteiger partial charge in [-0.25, -0.2) is 8.78 Å². The van der Waals surface area contributed by atoms with Gasteiger partial charge >= 0.3 is 0 Å². The lowest BCUT2D eigenvalue weighted by Gasteiger charge is -2.15. The van der Waals surface area contributed by atoms with Crippen molar-refractivity contribution in [3.8, 4) is 5.75 Å². The van der Waals surface area contributed by atoms with Gasteiger partial charge in [0.05, 0.1) is 11.0 Å². The van der Waals surface area contributed by atoms with E-state index in [1.165, 1.54) is 18.2 Å².